The number of nitrogens with zero attached hydrogens (tertiary/aromatic N) is 2. The van der Waals surface area contributed by atoms with Crippen LogP contribution in [0.1, 0.15) is 78.0 Å². The van der Waals surface area contributed by atoms with Gasteiger partial charge in [-0.05, 0) is 67.5 Å². The maximum absolute atomic E-state index is 11.1. The lowest BCUT2D eigenvalue weighted by Crippen LogP contribution is -2.47. The van der Waals surface area contributed by atoms with E-state index in [4.69, 9.17) is 0 Å². The van der Waals surface area contributed by atoms with Crippen molar-refractivity contribution >= 4 is 12.0 Å². The van der Waals surface area contributed by atoms with Gasteiger partial charge in [0.05, 0.1) is 0 Å². The number of aryl methyl sites for hydroxylation is 1. The van der Waals surface area contributed by atoms with Gasteiger partial charge in [-0.3, -0.25) is 9.69 Å². The van der Waals surface area contributed by atoms with Crippen molar-refractivity contribution in [2.75, 3.05) is 31.1 Å². The highest BCUT2D eigenvalue weighted by atomic mass is 16.1. The molecule has 0 unspecified atom stereocenters. The Morgan fingerprint density at radius 2 is 1.62 bits per heavy atom. The van der Waals surface area contributed by atoms with Crippen LogP contribution < -0.4 is 4.90 Å². The van der Waals surface area contributed by atoms with Crippen molar-refractivity contribution in [3.05, 3.63) is 64.7 Å². The average Bonchev–Trinajstić information content (AvgIpc) is 2.79. The van der Waals surface area contributed by atoms with Gasteiger partial charge in [-0.25, -0.2) is 0 Å². The molecule has 2 aromatic rings. The molecular weight excluding hydrogens is 356 g/mol. The van der Waals surface area contributed by atoms with Crippen LogP contribution in [0.2, 0.25) is 0 Å². The molecule has 0 spiro atoms. The van der Waals surface area contributed by atoms with Gasteiger partial charge in [-0.2, -0.15) is 0 Å². The van der Waals surface area contributed by atoms with Crippen LogP contribution in [0.4, 0.5) is 5.69 Å². The van der Waals surface area contributed by atoms with Crippen molar-refractivity contribution in [1.82, 2.24) is 4.90 Å². The molecule has 0 radical (unpaired) electrons. The van der Waals surface area contributed by atoms with E-state index >= 15 is 0 Å². The van der Waals surface area contributed by atoms with Gasteiger partial charge in [0.1, 0.15) is 6.29 Å². The van der Waals surface area contributed by atoms with E-state index in [-0.39, 0.29) is 0 Å². The highest BCUT2D eigenvalue weighted by molar-refractivity contribution is 5.78. The standard InChI is InChI=1S/C26H34N2O/c1-20-18-26(13-12-25(20)19-29)28-16-14-27(15-17-28)21(2)22-8-10-24(11-9-22)23-6-4-3-5-7-23/h8-13,18-19,21,23H,3-7,14-17H2,1-2H3/t21-/m0/s1. The highest BCUT2D eigenvalue weighted by Gasteiger charge is 2.23. The third-order valence-electron chi connectivity index (χ3n) is 7.10. The largest absolute Gasteiger partial charge is 0.369 e. The maximum Gasteiger partial charge on any atom is 0.150 e. The second-order valence-electron chi connectivity index (χ2n) is 8.86. The molecule has 2 aliphatic rings. The SMILES string of the molecule is Cc1cc(N2CCN([C@@H](C)c3ccc(C4CCCCC4)cc3)CC2)ccc1C=O. The van der Waals surface area contributed by atoms with Crippen molar-refractivity contribution in [3.63, 3.8) is 0 Å². The molecule has 154 valence electrons. The molecule has 2 aromatic carbocycles. The van der Waals surface area contributed by atoms with E-state index in [1.165, 1.54) is 43.4 Å². The molecule has 0 N–H and O–H groups in total. The molecular formula is C26H34N2O. The van der Waals surface area contributed by atoms with Gasteiger partial charge in [0.2, 0.25) is 0 Å². The average molecular weight is 391 g/mol. The molecule has 1 heterocycles. The van der Waals surface area contributed by atoms with Crippen LogP contribution in [0.5, 0.6) is 0 Å². The Morgan fingerprint density at radius 3 is 2.24 bits per heavy atom. The normalized spacial score (nSPS) is 19.9. The van der Waals surface area contributed by atoms with E-state index in [1.807, 2.05) is 13.0 Å². The van der Waals surface area contributed by atoms with Crippen LogP contribution >= 0.6 is 0 Å². The zero-order valence-corrected chi connectivity index (χ0v) is 17.9. The lowest BCUT2D eigenvalue weighted by Gasteiger charge is -2.39. The second-order valence-corrected chi connectivity index (χ2v) is 8.86. The number of carbonyl (C=O) groups excluding carboxylic acids is 1. The summed E-state index contributed by atoms with van der Waals surface area (Å²) in [5.41, 5.74) is 6.06. The van der Waals surface area contributed by atoms with Crippen molar-refractivity contribution in [2.24, 2.45) is 0 Å². The Balaban J connectivity index is 1.35. The first kappa shape index (κ1) is 20.2. The quantitative estimate of drug-likeness (QED) is 0.608. The minimum atomic E-state index is 0.455. The Morgan fingerprint density at radius 1 is 0.931 bits per heavy atom. The van der Waals surface area contributed by atoms with Gasteiger partial charge >= 0.3 is 0 Å². The minimum absolute atomic E-state index is 0.455. The molecule has 0 aromatic heterocycles. The lowest BCUT2D eigenvalue weighted by molar-refractivity contribution is 0.112. The summed E-state index contributed by atoms with van der Waals surface area (Å²) >= 11 is 0. The smallest absolute Gasteiger partial charge is 0.150 e. The highest BCUT2D eigenvalue weighted by Crippen LogP contribution is 2.33. The molecule has 1 saturated carbocycles. The minimum Gasteiger partial charge on any atom is -0.369 e. The first-order valence-corrected chi connectivity index (χ1v) is 11.3. The van der Waals surface area contributed by atoms with E-state index in [0.717, 1.165) is 49.5 Å². The van der Waals surface area contributed by atoms with Crippen LogP contribution in [-0.2, 0) is 0 Å². The van der Waals surface area contributed by atoms with E-state index in [9.17, 15) is 4.79 Å². The van der Waals surface area contributed by atoms with Gasteiger partial charge in [-0.1, -0.05) is 43.5 Å². The molecule has 1 aliphatic carbocycles. The van der Waals surface area contributed by atoms with E-state index in [0.29, 0.717) is 6.04 Å². The Kier molecular flexibility index (Phi) is 6.34. The van der Waals surface area contributed by atoms with Gasteiger partial charge in [0.25, 0.3) is 0 Å². The van der Waals surface area contributed by atoms with Crippen molar-refractivity contribution in [1.29, 1.82) is 0 Å². The molecule has 2 fully saturated rings. The Bertz CT molecular complexity index is 815. The van der Waals surface area contributed by atoms with Gasteiger partial charge < -0.3 is 4.90 Å². The number of hydrogen-bond acceptors (Lipinski definition) is 3. The third kappa shape index (κ3) is 4.56. The number of carbonyl (C=O) groups is 1. The number of hydrogen-bond donors (Lipinski definition) is 0. The van der Waals surface area contributed by atoms with E-state index in [2.05, 4.69) is 53.1 Å². The number of aldehydes is 1. The van der Waals surface area contributed by atoms with Crippen LogP contribution in [-0.4, -0.2) is 37.4 Å². The molecule has 0 bridgehead atoms. The number of benzene rings is 2. The summed E-state index contributed by atoms with van der Waals surface area (Å²) in [6, 6.07) is 16.1. The second kappa shape index (κ2) is 9.13. The maximum atomic E-state index is 11.1. The first-order valence-electron chi connectivity index (χ1n) is 11.3. The summed E-state index contributed by atoms with van der Waals surface area (Å²) in [4.78, 5) is 16.1. The number of anilines is 1. The van der Waals surface area contributed by atoms with Gasteiger partial charge in [-0.15, -0.1) is 0 Å². The summed E-state index contributed by atoms with van der Waals surface area (Å²) in [7, 11) is 0. The van der Waals surface area contributed by atoms with Crippen molar-refractivity contribution < 1.29 is 4.79 Å². The molecule has 1 atom stereocenters. The van der Waals surface area contributed by atoms with Crippen LogP contribution in [0.3, 0.4) is 0 Å². The third-order valence-corrected chi connectivity index (χ3v) is 7.10. The fourth-order valence-electron chi connectivity index (χ4n) is 5.05. The molecule has 1 aliphatic heterocycles. The number of rotatable bonds is 5. The van der Waals surface area contributed by atoms with Crippen molar-refractivity contribution in [2.45, 2.75) is 57.9 Å². The lowest BCUT2D eigenvalue weighted by atomic mass is 9.83. The monoisotopic (exact) mass is 390 g/mol. The van der Waals surface area contributed by atoms with Crippen LogP contribution in [0.15, 0.2) is 42.5 Å². The Hall–Kier alpha value is -2.13. The molecule has 4 rings (SSSR count). The van der Waals surface area contributed by atoms with Gasteiger partial charge in [0, 0.05) is 43.5 Å². The van der Waals surface area contributed by atoms with Crippen LogP contribution in [0.25, 0.3) is 0 Å². The molecule has 3 nitrogen and oxygen atoms in total. The molecule has 3 heteroatoms. The summed E-state index contributed by atoms with van der Waals surface area (Å²) in [6.45, 7) is 8.56. The first-order chi connectivity index (χ1) is 14.2. The van der Waals surface area contributed by atoms with E-state index < -0.39 is 0 Å². The molecule has 1 saturated heterocycles. The predicted molar refractivity (Wildman–Crippen MR) is 121 cm³/mol. The summed E-state index contributed by atoms with van der Waals surface area (Å²) in [6.07, 6.45) is 7.87. The Labute approximate surface area is 175 Å². The predicted octanol–water partition coefficient (Wildman–Crippen LogP) is 5.74. The van der Waals surface area contributed by atoms with Gasteiger partial charge in [0.15, 0.2) is 0 Å². The fraction of sp³-hybridized carbons (Fsp3) is 0.500. The summed E-state index contributed by atoms with van der Waals surface area (Å²) in [5.74, 6) is 0.783. The summed E-state index contributed by atoms with van der Waals surface area (Å²) < 4.78 is 0. The topological polar surface area (TPSA) is 23.6 Å². The van der Waals surface area contributed by atoms with E-state index in [1.54, 1.807) is 5.56 Å². The fourth-order valence-corrected chi connectivity index (χ4v) is 5.05. The zero-order chi connectivity index (χ0) is 20.2. The van der Waals surface area contributed by atoms with Crippen LogP contribution in [0, 0.1) is 6.92 Å². The molecule has 29 heavy (non-hydrogen) atoms. The molecule has 0 amide bonds. The van der Waals surface area contributed by atoms with Crippen molar-refractivity contribution in [3.8, 4) is 0 Å². The number of piperazine rings is 1. The summed E-state index contributed by atoms with van der Waals surface area (Å²) in [5, 5.41) is 0. The zero-order valence-electron chi connectivity index (χ0n) is 17.9.